The second-order valence-corrected chi connectivity index (χ2v) is 3.76. The second kappa shape index (κ2) is 4.58. The molecular formula is C9H18N2O2. The Morgan fingerprint density at radius 3 is 3.00 bits per heavy atom. The maximum absolute atomic E-state index is 11.0. The Kier molecular flexibility index (Phi) is 3.69. The maximum atomic E-state index is 11.0. The molecule has 0 saturated carbocycles. The molecular weight excluding hydrogens is 168 g/mol. The van der Waals surface area contributed by atoms with Crippen LogP contribution in [0.15, 0.2) is 0 Å². The van der Waals surface area contributed by atoms with Crippen molar-refractivity contribution in [2.24, 2.45) is 11.7 Å². The van der Waals surface area contributed by atoms with Gasteiger partial charge in [0.25, 0.3) is 0 Å². The van der Waals surface area contributed by atoms with E-state index in [2.05, 4.69) is 16.7 Å². The fraction of sp³-hybridized carbons (Fsp3) is 0.889. The Balaban J connectivity index is 2.41. The molecule has 76 valence electrons. The van der Waals surface area contributed by atoms with Gasteiger partial charge in [-0.15, -0.1) is 0 Å². The highest BCUT2D eigenvalue weighted by Crippen LogP contribution is 2.17. The number of methoxy groups -OCH3 is 1. The maximum Gasteiger partial charge on any atom is 0.305 e. The fourth-order valence-corrected chi connectivity index (χ4v) is 1.75. The SMILES string of the molecule is COC(=O)CC1CN(C)CCC1N. The molecule has 0 bridgehead atoms. The predicted molar refractivity (Wildman–Crippen MR) is 50.2 cm³/mol. The molecule has 0 spiro atoms. The van der Waals surface area contributed by atoms with Crippen LogP contribution in [0, 0.1) is 5.92 Å². The summed E-state index contributed by atoms with van der Waals surface area (Å²) in [5, 5.41) is 0. The average Bonchev–Trinajstić information content (AvgIpc) is 2.11. The number of nitrogens with two attached hydrogens (primary N) is 1. The number of rotatable bonds is 2. The van der Waals surface area contributed by atoms with Crippen LogP contribution in [-0.2, 0) is 9.53 Å². The molecule has 4 heteroatoms. The molecule has 4 nitrogen and oxygen atoms in total. The number of esters is 1. The Bertz CT molecular complexity index is 184. The minimum Gasteiger partial charge on any atom is -0.469 e. The summed E-state index contributed by atoms with van der Waals surface area (Å²) in [7, 11) is 3.47. The number of likely N-dealkylation sites (tertiary alicyclic amines) is 1. The van der Waals surface area contributed by atoms with Gasteiger partial charge in [0.05, 0.1) is 13.5 Å². The van der Waals surface area contributed by atoms with E-state index >= 15 is 0 Å². The number of hydrogen-bond donors (Lipinski definition) is 1. The molecule has 1 fully saturated rings. The smallest absolute Gasteiger partial charge is 0.305 e. The summed E-state index contributed by atoms with van der Waals surface area (Å²) < 4.78 is 4.62. The largest absolute Gasteiger partial charge is 0.469 e. The summed E-state index contributed by atoms with van der Waals surface area (Å²) in [5.41, 5.74) is 5.91. The van der Waals surface area contributed by atoms with E-state index in [0.717, 1.165) is 19.5 Å². The third kappa shape index (κ3) is 2.97. The highest BCUT2D eigenvalue weighted by atomic mass is 16.5. The van der Waals surface area contributed by atoms with Gasteiger partial charge in [-0.05, 0) is 25.9 Å². The van der Waals surface area contributed by atoms with Gasteiger partial charge < -0.3 is 15.4 Å². The first-order valence-corrected chi connectivity index (χ1v) is 4.64. The number of ether oxygens (including phenoxy) is 1. The first kappa shape index (κ1) is 10.5. The zero-order valence-corrected chi connectivity index (χ0v) is 8.32. The summed E-state index contributed by atoms with van der Waals surface area (Å²) in [6.45, 7) is 1.93. The van der Waals surface area contributed by atoms with E-state index in [-0.39, 0.29) is 17.9 Å². The van der Waals surface area contributed by atoms with Gasteiger partial charge in [-0.3, -0.25) is 4.79 Å². The van der Waals surface area contributed by atoms with Gasteiger partial charge in [-0.25, -0.2) is 0 Å². The standard InChI is InChI=1S/C9H18N2O2/c1-11-4-3-8(10)7(6-11)5-9(12)13-2/h7-8H,3-6,10H2,1-2H3. The van der Waals surface area contributed by atoms with E-state index < -0.39 is 0 Å². The first-order valence-electron chi connectivity index (χ1n) is 4.64. The van der Waals surface area contributed by atoms with Gasteiger partial charge in [-0.1, -0.05) is 0 Å². The third-order valence-corrected chi connectivity index (χ3v) is 2.65. The number of piperidine rings is 1. The summed E-state index contributed by atoms with van der Waals surface area (Å²) >= 11 is 0. The molecule has 0 aromatic rings. The van der Waals surface area contributed by atoms with Crippen molar-refractivity contribution in [3.05, 3.63) is 0 Å². The van der Waals surface area contributed by atoms with Crippen molar-refractivity contribution < 1.29 is 9.53 Å². The summed E-state index contributed by atoms with van der Waals surface area (Å²) in [4.78, 5) is 13.2. The summed E-state index contributed by atoms with van der Waals surface area (Å²) in [5.74, 6) is 0.0990. The number of hydrogen-bond acceptors (Lipinski definition) is 4. The zero-order valence-electron chi connectivity index (χ0n) is 8.32. The van der Waals surface area contributed by atoms with Crippen molar-refractivity contribution in [2.75, 3.05) is 27.2 Å². The number of nitrogens with zero attached hydrogens (tertiary/aromatic N) is 1. The molecule has 1 aliphatic rings. The van der Waals surface area contributed by atoms with Gasteiger partial charge in [0.2, 0.25) is 0 Å². The molecule has 2 atom stereocenters. The molecule has 1 saturated heterocycles. The van der Waals surface area contributed by atoms with Crippen LogP contribution in [0.3, 0.4) is 0 Å². The molecule has 1 rings (SSSR count). The van der Waals surface area contributed by atoms with Gasteiger partial charge in [-0.2, -0.15) is 0 Å². The molecule has 0 aromatic heterocycles. The van der Waals surface area contributed by atoms with Crippen LogP contribution in [0.1, 0.15) is 12.8 Å². The quantitative estimate of drug-likeness (QED) is 0.608. The van der Waals surface area contributed by atoms with Crippen molar-refractivity contribution >= 4 is 5.97 Å². The van der Waals surface area contributed by atoms with Crippen molar-refractivity contribution in [3.8, 4) is 0 Å². The first-order chi connectivity index (χ1) is 6.13. The van der Waals surface area contributed by atoms with Gasteiger partial charge in [0.1, 0.15) is 0 Å². The lowest BCUT2D eigenvalue weighted by Crippen LogP contribution is -2.46. The zero-order chi connectivity index (χ0) is 9.84. The lowest BCUT2D eigenvalue weighted by atomic mass is 9.90. The molecule has 0 radical (unpaired) electrons. The molecule has 2 unspecified atom stereocenters. The predicted octanol–water partition coefficient (Wildman–Crippen LogP) is -0.171. The van der Waals surface area contributed by atoms with Crippen LogP contribution in [0.2, 0.25) is 0 Å². The minimum atomic E-state index is -0.157. The Morgan fingerprint density at radius 1 is 1.69 bits per heavy atom. The molecule has 1 aliphatic heterocycles. The number of carbonyl (C=O) groups excluding carboxylic acids is 1. The van der Waals surface area contributed by atoms with Crippen molar-refractivity contribution in [1.82, 2.24) is 4.90 Å². The molecule has 0 aliphatic carbocycles. The number of carbonyl (C=O) groups is 1. The molecule has 2 N–H and O–H groups in total. The van der Waals surface area contributed by atoms with Crippen LogP contribution in [-0.4, -0.2) is 44.2 Å². The van der Waals surface area contributed by atoms with Gasteiger partial charge in [0, 0.05) is 12.6 Å². The highest BCUT2D eigenvalue weighted by Gasteiger charge is 2.26. The summed E-state index contributed by atoms with van der Waals surface area (Å²) in [6.07, 6.45) is 1.42. The normalized spacial score (nSPS) is 30.1. The van der Waals surface area contributed by atoms with E-state index in [1.807, 2.05) is 0 Å². The van der Waals surface area contributed by atoms with Crippen LogP contribution in [0.4, 0.5) is 0 Å². The van der Waals surface area contributed by atoms with E-state index in [1.165, 1.54) is 7.11 Å². The van der Waals surface area contributed by atoms with Crippen molar-refractivity contribution in [3.63, 3.8) is 0 Å². The van der Waals surface area contributed by atoms with E-state index in [4.69, 9.17) is 5.73 Å². The van der Waals surface area contributed by atoms with Crippen molar-refractivity contribution in [1.29, 1.82) is 0 Å². The monoisotopic (exact) mass is 186 g/mol. The third-order valence-electron chi connectivity index (χ3n) is 2.65. The Morgan fingerprint density at radius 2 is 2.38 bits per heavy atom. The van der Waals surface area contributed by atoms with Crippen LogP contribution in [0.5, 0.6) is 0 Å². The van der Waals surface area contributed by atoms with Gasteiger partial charge in [0.15, 0.2) is 0 Å². The lowest BCUT2D eigenvalue weighted by Gasteiger charge is -2.34. The van der Waals surface area contributed by atoms with Gasteiger partial charge >= 0.3 is 5.97 Å². The Hall–Kier alpha value is -0.610. The second-order valence-electron chi connectivity index (χ2n) is 3.76. The molecule has 13 heavy (non-hydrogen) atoms. The molecule has 0 aromatic carbocycles. The average molecular weight is 186 g/mol. The van der Waals surface area contributed by atoms with E-state index in [9.17, 15) is 4.79 Å². The molecule has 0 amide bonds. The fourth-order valence-electron chi connectivity index (χ4n) is 1.75. The Labute approximate surface area is 79.0 Å². The van der Waals surface area contributed by atoms with Crippen molar-refractivity contribution in [2.45, 2.75) is 18.9 Å². The van der Waals surface area contributed by atoms with Crippen LogP contribution >= 0.6 is 0 Å². The van der Waals surface area contributed by atoms with Crippen LogP contribution in [0.25, 0.3) is 0 Å². The minimum absolute atomic E-state index is 0.148. The van der Waals surface area contributed by atoms with E-state index in [0.29, 0.717) is 6.42 Å². The highest BCUT2D eigenvalue weighted by molar-refractivity contribution is 5.69. The topological polar surface area (TPSA) is 55.6 Å². The van der Waals surface area contributed by atoms with Crippen LogP contribution < -0.4 is 5.73 Å². The lowest BCUT2D eigenvalue weighted by molar-refractivity contribution is -0.142. The molecule has 1 heterocycles. The van der Waals surface area contributed by atoms with E-state index in [1.54, 1.807) is 0 Å². The summed E-state index contributed by atoms with van der Waals surface area (Å²) in [6, 6.07) is 0.148.